The van der Waals surface area contributed by atoms with Crippen molar-refractivity contribution in [3.8, 4) is 0 Å². The van der Waals surface area contributed by atoms with Crippen LogP contribution in [0, 0.1) is 0 Å². The minimum Gasteiger partial charge on any atom is -0.372 e. The summed E-state index contributed by atoms with van der Waals surface area (Å²) in [6.07, 6.45) is 1.04. The summed E-state index contributed by atoms with van der Waals surface area (Å²) in [4.78, 5) is 0. The summed E-state index contributed by atoms with van der Waals surface area (Å²) in [5.74, 6) is 0. The van der Waals surface area contributed by atoms with Crippen LogP contribution in [-0.4, -0.2) is 19.3 Å². The second-order valence-corrected chi connectivity index (χ2v) is 9.50. The molecule has 29 heavy (non-hydrogen) atoms. The van der Waals surface area contributed by atoms with Crippen LogP contribution in [0.4, 0.5) is 0 Å². The van der Waals surface area contributed by atoms with Gasteiger partial charge in [0, 0.05) is 0 Å². The van der Waals surface area contributed by atoms with Crippen molar-refractivity contribution in [2.75, 3.05) is 13.2 Å². The lowest BCUT2D eigenvalue weighted by Gasteiger charge is -2.41. The van der Waals surface area contributed by atoms with Gasteiger partial charge in [-0.15, -0.1) is 24.0 Å². The predicted octanol–water partition coefficient (Wildman–Crippen LogP) is 5.10. The second-order valence-electron chi connectivity index (χ2n) is 7.28. The van der Waals surface area contributed by atoms with E-state index in [2.05, 4.69) is 98.8 Å². The van der Waals surface area contributed by atoms with E-state index in [9.17, 15) is 0 Å². The van der Waals surface area contributed by atoms with Gasteiger partial charge in [0.1, 0.15) is 5.60 Å². The van der Waals surface area contributed by atoms with E-state index < -0.39 is 7.92 Å². The van der Waals surface area contributed by atoms with Gasteiger partial charge in [0.25, 0.3) is 0 Å². The third-order valence-corrected chi connectivity index (χ3v) is 7.96. The molecule has 0 spiro atoms. The summed E-state index contributed by atoms with van der Waals surface area (Å²) in [7, 11) is -0.579. The van der Waals surface area contributed by atoms with Gasteiger partial charge < -0.3 is 9.47 Å². The van der Waals surface area contributed by atoms with E-state index >= 15 is 0 Å². The Morgan fingerprint density at radius 1 is 0.793 bits per heavy atom. The summed E-state index contributed by atoms with van der Waals surface area (Å²) in [5.41, 5.74) is 0.812. The summed E-state index contributed by atoms with van der Waals surface area (Å²) < 4.78 is 12.2. The minimum atomic E-state index is -0.579. The molecule has 4 heteroatoms. The van der Waals surface area contributed by atoms with Gasteiger partial charge in [-0.05, 0) is 42.7 Å². The van der Waals surface area contributed by atoms with Crippen LogP contribution in [0.3, 0.4) is 0 Å². The van der Waals surface area contributed by atoms with Crippen LogP contribution >= 0.6 is 31.9 Å². The Bertz CT molecular complexity index is 846. The molecule has 1 saturated heterocycles. The molecule has 4 rings (SSSR count). The predicted molar refractivity (Wildman–Crippen MR) is 134 cm³/mol. The maximum atomic E-state index is 6.20. The van der Waals surface area contributed by atoms with Crippen LogP contribution in [-0.2, 0) is 15.1 Å². The second kappa shape index (κ2) is 10.2. The molecule has 0 bridgehead atoms. The van der Waals surface area contributed by atoms with E-state index in [1.807, 2.05) is 0 Å². The first-order chi connectivity index (χ1) is 13.7. The largest absolute Gasteiger partial charge is 0.372 e. The molecule has 1 aliphatic rings. The van der Waals surface area contributed by atoms with Crippen LogP contribution in [0.15, 0.2) is 84.9 Å². The van der Waals surface area contributed by atoms with Crippen LogP contribution in [0.1, 0.15) is 25.8 Å². The van der Waals surface area contributed by atoms with Crippen molar-refractivity contribution in [3.63, 3.8) is 0 Å². The smallest absolute Gasteiger partial charge is 0.116 e. The average Bonchev–Trinajstić information content (AvgIpc) is 2.76. The Hall–Kier alpha value is -1.26. The van der Waals surface area contributed by atoms with Crippen molar-refractivity contribution in [3.05, 3.63) is 90.5 Å². The van der Waals surface area contributed by atoms with E-state index in [4.69, 9.17) is 9.47 Å². The molecule has 1 fully saturated rings. The third kappa shape index (κ3) is 4.74. The highest BCUT2D eigenvalue weighted by atomic mass is 127. The highest BCUT2D eigenvalue weighted by Crippen LogP contribution is 2.37. The van der Waals surface area contributed by atoms with Crippen LogP contribution < -0.4 is 15.9 Å². The number of benzene rings is 3. The lowest BCUT2D eigenvalue weighted by Crippen LogP contribution is -2.46. The average molecular weight is 518 g/mol. The van der Waals surface area contributed by atoms with Crippen molar-refractivity contribution in [1.82, 2.24) is 0 Å². The van der Waals surface area contributed by atoms with Gasteiger partial charge in [0.2, 0.25) is 0 Å². The first kappa shape index (κ1) is 22.4. The molecule has 1 heterocycles. The lowest BCUT2D eigenvalue weighted by molar-refractivity contribution is -0.201. The fourth-order valence-electron chi connectivity index (χ4n) is 4.02. The third-order valence-electron chi connectivity index (χ3n) is 5.52. The molecule has 0 amide bonds. The van der Waals surface area contributed by atoms with E-state index in [-0.39, 0.29) is 35.7 Å². The first-order valence-corrected chi connectivity index (χ1v) is 11.3. The zero-order chi connectivity index (χ0) is 19.4. The topological polar surface area (TPSA) is 18.5 Å². The Balaban J connectivity index is 0.00000240. The number of rotatable bonds is 5. The molecule has 1 aliphatic heterocycles. The molecular formula is C25H28IO2P. The Kier molecular flexibility index (Phi) is 7.86. The van der Waals surface area contributed by atoms with Crippen molar-refractivity contribution in [2.24, 2.45) is 0 Å². The zero-order valence-electron chi connectivity index (χ0n) is 17.0. The van der Waals surface area contributed by atoms with Gasteiger partial charge in [0.15, 0.2) is 0 Å². The Morgan fingerprint density at radius 2 is 1.31 bits per heavy atom. The fraction of sp³-hybridized carbons (Fsp3) is 0.280. The van der Waals surface area contributed by atoms with E-state index in [1.54, 1.807) is 0 Å². The van der Waals surface area contributed by atoms with Gasteiger partial charge in [-0.2, -0.15) is 0 Å². The van der Waals surface area contributed by atoms with E-state index in [1.165, 1.54) is 21.5 Å². The minimum absolute atomic E-state index is 0. The SMILES string of the molecule is CCC1OCCOC1(C)c1ccc(P(c2ccccc2)c2ccccc2)cc1.I. The zero-order valence-corrected chi connectivity index (χ0v) is 20.2. The summed E-state index contributed by atoms with van der Waals surface area (Å²) in [6.45, 7) is 5.65. The molecule has 152 valence electrons. The molecular weight excluding hydrogens is 490 g/mol. The molecule has 2 atom stereocenters. The molecule has 3 aromatic carbocycles. The van der Waals surface area contributed by atoms with Crippen LogP contribution in [0.25, 0.3) is 0 Å². The Labute approximate surface area is 192 Å². The molecule has 0 N–H and O–H groups in total. The van der Waals surface area contributed by atoms with Crippen molar-refractivity contribution in [1.29, 1.82) is 0 Å². The summed E-state index contributed by atoms with van der Waals surface area (Å²) >= 11 is 0. The number of ether oxygens (including phenoxy) is 2. The molecule has 0 saturated carbocycles. The van der Waals surface area contributed by atoms with Crippen LogP contribution in [0.2, 0.25) is 0 Å². The van der Waals surface area contributed by atoms with Gasteiger partial charge in [0.05, 0.1) is 19.3 Å². The Morgan fingerprint density at radius 3 is 1.83 bits per heavy atom. The monoisotopic (exact) mass is 518 g/mol. The molecule has 0 aromatic heterocycles. The number of halogens is 1. The quantitative estimate of drug-likeness (QED) is 0.346. The molecule has 3 aromatic rings. The van der Waals surface area contributed by atoms with Gasteiger partial charge in [-0.1, -0.05) is 91.9 Å². The summed E-state index contributed by atoms with van der Waals surface area (Å²) in [6, 6.07) is 30.6. The molecule has 0 aliphatic carbocycles. The van der Waals surface area contributed by atoms with Gasteiger partial charge in [-0.3, -0.25) is 0 Å². The standard InChI is InChI=1S/C25H27O2P.HI/c1-3-24-25(2,27-19-18-26-24)20-14-16-23(17-15-20)28(21-10-6-4-7-11-21)22-12-8-5-9-13-22;/h4-17,24H,3,18-19H2,1-2H3;1H. The lowest BCUT2D eigenvalue weighted by atomic mass is 9.87. The van der Waals surface area contributed by atoms with Crippen LogP contribution in [0.5, 0.6) is 0 Å². The maximum absolute atomic E-state index is 6.20. The highest BCUT2D eigenvalue weighted by molar-refractivity contribution is 14.0. The van der Waals surface area contributed by atoms with E-state index in [0.29, 0.717) is 13.2 Å². The normalized spacial score (nSPS) is 21.6. The highest BCUT2D eigenvalue weighted by Gasteiger charge is 2.39. The van der Waals surface area contributed by atoms with Crippen molar-refractivity contribution < 1.29 is 9.47 Å². The molecule has 2 unspecified atom stereocenters. The number of hydrogen-bond acceptors (Lipinski definition) is 2. The first-order valence-electron chi connectivity index (χ1n) is 9.98. The van der Waals surface area contributed by atoms with E-state index in [0.717, 1.165) is 6.42 Å². The number of hydrogen-bond donors (Lipinski definition) is 0. The molecule has 2 nitrogen and oxygen atoms in total. The fourth-order valence-corrected chi connectivity index (χ4v) is 6.30. The van der Waals surface area contributed by atoms with Crippen molar-refractivity contribution >= 4 is 47.8 Å². The van der Waals surface area contributed by atoms with Gasteiger partial charge >= 0.3 is 0 Å². The molecule has 0 radical (unpaired) electrons. The van der Waals surface area contributed by atoms with Gasteiger partial charge in [-0.25, -0.2) is 0 Å². The van der Waals surface area contributed by atoms with Crippen molar-refractivity contribution in [2.45, 2.75) is 32.0 Å². The maximum Gasteiger partial charge on any atom is 0.116 e. The summed E-state index contributed by atoms with van der Waals surface area (Å²) in [5, 5.41) is 4.09.